The van der Waals surface area contributed by atoms with E-state index in [9.17, 15) is 9.59 Å². The molecule has 1 amide bonds. The number of nitrogens with zero attached hydrogens (tertiary/aromatic N) is 1. The van der Waals surface area contributed by atoms with Crippen molar-refractivity contribution in [3.05, 3.63) is 35.9 Å². The second-order valence-corrected chi connectivity index (χ2v) is 4.69. The number of ether oxygens (including phenoxy) is 1. The van der Waals surface area contributed by atoms with Gasteiger partial charge in [0.25, 0.3) is 0 Å². The van der Waals surface area contributed by atoms with Crippen molar-refractivity contribution in [1.29, 1.82) is 0 Å². The van der Waals surface area contributed by atoms with Gasteiger partial charge in [-0.05, 0) is 12.0 Å². The number of hydrogen-bond acceptors (Lipinski definition) is 3. The lowest BCUT2D eigenvalue weighted by molar-refractivity contribution is -0.142. The Bertz CT molecular complexity index is 432. The van der Waals surface area contributed by atoms with Crippen LogP contribution in [0, 0.1) is 0 Å². The number of rotatable bonds is 5. The molecule has 1 heterocycles. The van der Waals surface area contributed by atoms with Crippen LogP contribution in [0.3, 0.4) is 0 Å². The van der Waals surface area contributed by atoms with Gasteiger partial charge in [-0.15, -0.1) is 0 Å². The number of carbonyl (C=O) groups excluding carboxylic acids is 2. The quantitative estimate of drug-likeness (QED) is 0.764. The molecule has 1 fully saturated rings. The fraction of sp³-hybridized carbons (Fsp3) is 0.467. The summed E-state index contributed by atoms with van der Waals surface area (Å²) in [6, 6.07) is 9.56. The Morgan fingerprint density at radius 3 is 2.79 bits per heavy atom. The fourth-order valence-corrected chi connectivity index (χ4v) is 2.34. The maximum absolute atomic E-state index is 12.2. The molecular formula is C15H19NO3. The third kappa shape index (κ3) is 3.01. The summed E-state index contributed by atoms with van der Waals surface area (Å²) in [5.74, 6) is -0.00898. The van der Waals surface area contributed by atoms with Gasteiger partial charge < -0.3 is 9.64 Å². The van der Waals surface area contributed by atoms with E-state index in [4.69, 9.17) is 4.74 Å². The molecule has 2 atom stereocenters. The highest BCUT2D eigenvalue weighted by molar-refractivity contribution is 5.80. The molecule has 0 aliphatic carbocycles. The minimum atomic E-state index is -0.741. The zero-order chi connectivity index (χ0) is 13.7. The maximum Gasteiger partial charge on any atom is 0.225 e. The predicted octanol–water partition coefficient (Wildman–Crippen LogP) is 2.30. The minimum absolute atomic E-state index is 0.00898. The molecule has 4 heteroatoms. The smallest absolute Gasteiger partial charge is 0.225 e. The minimum Gasteiger partial charge on any atom is -0.349 e. The number of amides is 1. The Hall–Kier alpha value is -1.68. The van der Waals surface area contributed by atoms with E-state index in [-0.39, 0.29) is 11.9 Å². The number of aldehydes is 1. The molecule has 19 heavy (non-hydrogen) atoms. The summed E-state index contributed by atoms with van der Waals surface area (Å²) in [5.41, 5.74) is 1.01. The number of benzene rings is 1. The van der Waals surface area contributed by atoms with Crippen LogP contribution in [0.4, 0.5) is 0 Å². The predicted molar refractivity (Wildman–Crippen MR) is 71.4 cm³/mol. The van der Waals surface area contributed by atoms with Gasteiger partial charge in [0.2, 0.25) is 5.91 Å². The highest BCUT2D eigenvalue weighted by Gasteiger charge is 2.37. The zero-order valence-electron chi connectivity index (χ0n) is 11.1. The molecule has 1 aromatic rings. The van der Waals surface area contributed by atoms with Crippen molar-refractivity contribution >= 4 is 12.2 Å². The second kappa shape index (κ2) is 6.48. The highest BCUT2D eigenvalue weighted by atomic mass is 16.5. The lowest BCUT2D eigenvalue weighted by Gasteiger charge is -2.26. The van der Waals surface area contributed by atoms with Crippen LogP contribution >= 0.6 is 0 Å². The van der Waals surface area contributed by atoms with Gasteiger partial charge in [0.05, 0.1) is 12.6 Å². The van der Waals surface area contributed by atoms with Crippen LogP contribution in [0.1, 0.15) is 37.8 Å². The summed E-state index contributed by atoms with van der Waals surface area (Å²) in [7, 11) is 0. The molecule has 4 nitrogen and oxygen atoms in total. The summed E-state index contributed by atoms with van der Waals surface area (Å²) >= 11 is 0. The first-order valence-electron chi connectivity index (χ1n) is 6.71. The van der Waals surface area contributed by atoms with Crippen molar-refractivity contribution in [2.45, 2.75) is 38.5 Å². The molecule has 1 aromatic carbocycles. The van der Waals surface area contributed by atoms with Crippen molar-refractivity contribution in [1.82, 2.24) is 4.90 Å². The van der Waals surface area contributed by atoms with Gasteiger partial charge in [0, 0.05) is 6.42 Å². The van der Waals surface area contributed by atoms with E-state index >= 15 is 0 Å². The topological polar surface area (TPSA) is 46.6 Å². The van der Waals surface area contributed by atoms with Gasteiger partial charge in [-0.3, -0.25) is 9.59 Å². The first-order chi connectivity index (χ1) is 9.27. The molecule has 1 saturated heterocycles. The van der Waals surface area contributed by atoms with E-state index in [1.54, 1.807) is 4.90 Å². The highest BCUT2D eigenvalue weighted by Crippen LogP contribution is 2.30. The van der Waals surface area contributed by atoms with E-state index in [0.29, 0.717) is 19.3 Å². The second-order valence-electron chi connectivity index (χ2n) is 4.69. The molecule has 1 aliphatic rings. The molecule has 1 unspecified atom stereocenters. The molecule has 2 rings (SSSR count). The Labute approximate surface area is 113 Å². The summed E-state index contributed by atoms with van der Waals surface area (Å²) in [5, 5.41) is 0. The monoisotopic (exact) mass is 261 g/mol. The first-order valence-corrected chi connectivity index (χ1v) is 6.71. The third-order valence-electron chi connectivity index (χ3n) is 3.37. The lowest BCUT2D eigenvalue weighted by atomic mass is 10.1. The Morgan fingerprint density at radius 1 is 1.42 bits per heavy atom. The normalized spacial score (nSPS) is 22.5. The van der Waals surface area contributed by atoms with Crippen LogP contribution in [-0.4, -0.2) is 29.9 Å². The fourth-order valence-electron chi connectivity index (χ4n) is 2.34. The van der Waals surface area contributed by atoms with Crippen LogP contribution < -0.4 is 0 Å². The Kier molecular flexibility index (Phi) is 4.68. The summed E-state index contributed by atoms with van der Waals surface area (Å²) < 4.78 is 5.42. The number of hydrogen-bond donors (Lipinski definition) is 0. The molecule has 0 spiro atoms. The van der Waals surface area contributed by atoms with Crippen molar-refractivity contribution in [3.8, 4) is 0 Å². The van der Waals surface area contributed by atoms with Crippen LogP contribution in [0.5, 0.6) is 0 Å². The molecule has 0 N–H and O–H groups in total. The van der Waals surface area contributed by atoms with Crippen LogP contribution in [0.15, 0.2) is 30.3 Å². The Morgan fingerprint density at radius 2 is 2.16 bits per heavy atom. The standard InChI is InChI=1S/C15H19NO3/c1-2-3-9-14(18)16-13(11-19-15(16)10-17)12-7-5-4-6-8-12/h4-8,10,13,15H,2-3,9,11H2,1H3/t13-,15?/m1/s1. The van der Waals surface area contributed by atoms with Crippen LogP contribution in [0.25, 0.3) is 0 Å². The van der Waals surface area contributed by atoms with Gasteiger partial charge >= 0.3 is 0 Å². The zero-order valence-corrected chi connectivity index (χ0v) is 11.1. The average molecular weight is 261 g/mol. The van der Waals surface area contributed by atoms with Crippen molar-refractivity contribution in [2.75, 3.05) is 6.61 Å². The molecular weight excluding hydrogens is 242 g/mol. The van der Waals surface area contributed by atoms with E-state index in [0.717, 1.165) is 18.4 Å². The maximum atomic E-state index is 12.2. The average Bonchev–Trinajstić information content (AvgIpc) is 2.89. The van der Waals surface area contributed by atoms with Crippen LogP contribution in [0.2, 0.25) is 0 Å². The number of unbranched alkanes of at least 4 members (excludes halogenated alkanes) is 1. The third-order valence-corrected chi connectivity index (χ3v) is 3.37. The Balaban J connectivity index is 2.18. The number of carbonyl (C=O) groups is 2. The summed E-state index contributed by atoms with van der Waals surface area (Å²) in [4.78, 5) is 24.9. The van der Waals surface area contributed by atoms with Gasteiger partial charge in [-0.2, -0.15) is 0 Å². The van der Waals surface area contributed by atoms with E-state index in [1.165, 1.54) is 0 Å². The molecule has 1 aliphatic heterocycles. The van der Waals surface area contributed by atoms with Gasteiger partial charge in [-0.25, -0.2) is 0 Å². The van der Waals surface area contributed by atoms with Crippen molar-refractivity contribution in [2.24, 2.45) is 0 Å². The van der Waals surface area contributed by atoms with E-state index in [1.807, 2.05) is 37.3 Å². The SMILES string of the molecule is CCCCC(=O)N1C(C=O)OC[C@@H]1c1ccccc1. The molecule has 0 aromatic heterocycles. The molecule has 0 saturated carbocycles. The van der Waals surface area contributed by atoms with Gasteiger partial charge in [-0.1, -0.05) is 43.7 Å². The summed E-state index contributed by atoms with van der Waals surface area (Å²) in [6.07, 6.45) is 2.22. The first kappa shape index (κ1) is 13.7. The van der Waals surface area contributed by atoms with Crippen LogP contribution in [-0.2, 0) is 14.3 Å². The molecule has 102 valence electrons. The largest absolute Gasteiger partial charge is 0.349 e. The van der Waals surface area contributed by atoms with E-state index in [2.05, 4.69) is 0 Å². The lowest BCUT2D eigenvalue weighted by Crippen LogP contribution is -2.38. The van der Waals surface area contributed by atoms with Crippen molar-refractivity contribution < 1.29 is 14.3 Å². The summed E-state index contributed by atoms with van der Waals surface area (Å²) in [6.45, 7) is 2.42. The molecule has 0 radical (unpaired) electrons. The molecule has 0 bridgehead atoms. The van der Waals surface area contributed by atoms with Gasteiger partial charge in [0.1, 0.15) is 0 Å². The van der Waals surface area contributed by atoms with Crippen molar-refractivity contribution in [3.63, 3.8) is 0 Å². The van der Waals surface area contributed by atoms with E-state index < -0.39 is 6.23 Å². The van der Waals surface area contributed by atoms with Gasteiger partial charge in [0.15, 0.2) is 12.5 Å².